The number of hydrogen-bond donors (Lipinski definition) is 3. The summed E-state index contributed by atoms with van der Waals surface area (Å²) in [5.74, 6) is -1.12. The fourth-order valence-corrected chi connectivity index (χ4v) is 2.48. The summed E-state index contributed by atoms with van der Waals surface area (Å²) in [6, 6.07) is 3.19. The zero-order chi connectivity index (χ0) is 15.9. The lowest BCUT2D eigenvalue weighted by molar-refractivity contribution is -0.121. The molecule has 0 aromatic heterocycles. The minimum atomic E-state index is -3.87. The first-order valence-electron chi connectivity index (χ1n) is 6.17. The molecule has 118 valence electrons. The monoisotopic (exact) mass is 319 g/mol. The second-order valence-electron chi connectivity index (χ2n) is 4.17. The highest BCUT2D eigenvalue weighted by atomic mass is 32.2. The Morgan fingerprint density at radius 2 is 2.10 bits per heavy atom. The molecular formula is C12H18FN3O4S. The number of benzene rings is 1. The first kappa shape index (κ1) is 17.3. The number of amides is 1. The standard InChI is InChI=1S/C12H18FN3O4S/c1-20-7-6-15-12(17)4-5-16-21(18,19)9-2-3-11(14)10(13)8-9/h2-3,8,16H,4-7,14H2,1H3,(H,15,17). The molecule has 0 aliphatic carbocycles. The van der Waals surface area contributed by atoms with E-state index in [2.05, 4.69) is 10.0 Å². The van der Waals surface area contributed by atoms with Gasteiger partial charge in [0.25, 0.3) is 0 Å². The van der Waals surface area contributed by atoms with Crippen molar-refractivity contribution >= 4 is 21.6 Å². The number of sulfonamides is 1. The van der Waals surface area contributed by atoms with Gasteiger partial charge < -0.3 is 15.8 Å². The van der Waals surface area contributed by atoms with Crippen LogP contribution in [0.1, 0.15) is 6.42 Å². The summed E-state index contributed by atoms with van der Waals surface area (Å²) < 4.78 is 43.9. The molecule has 0 bridgehead atoms. The Kier molecular flexibility index (Phi) is 6.53. The molecule has 1 aromatic carbocycles. The van der Waals surface area contributed by atoms with Crippen molar-refractivity contribution in [1.82, 2.24) is 10.0 Å². The number of halogens is 1. The molecule has 0 saturated heterocycles. The van der Waals surface area contributed by atoms with Crippen molar-refractivity contribution in [2.24, 2.45) is 0 Å². The molecule has 4 N–H and O–H groups in total. The third kappa shape index (κ3) is 5.66. The molecule has 0 aliphatic rings. The summed E-state index contributed by atoms with van der Waals surface area (Å²) >= 11 is 0. The molecule has 0 spiro atoms. The number of hydrogen-bond acceptors (Lipinski definition) is 5. The van der Waals surface area contributed by atoms with Crippen LogP contribution in [0, 0.1) is 5.82 Å². The maximum atomic E-state index is 13.2. The summed E-state index contributed by atoms with van der Waals surface area (Å²) in [5.41, 5.74) is 5.14. The van der Waals surface area contributed by atoms with Crippen LogP contribution in [0.15, 0.2) is 23.1 Å². The van der Waals surface area contributed by atoms with E-state index in [4.69, 9.17) is 10.5 Å². The van der Waals surface area contributed by atoms with Crippen LogP contribution >= 0.6 is 0 Å². The van der Waals surface area contributed by atoms with E-state index in [-0.39, 0.29) is 29.5 Å². The van der Waals surface area contributed by atoms with Crippen LogP contribution in [0.4, 0.5) is 10.1 Å². The minimum Gasteiger partial charge on any atom is -0.396 e. The van der Waals surface area contributed by atoms with Crippen LogP contribution in [-0.4, -0.2) is 41.1 Å². The van der Waals surface area contributed by atoms with Crippen molar-refractivity contribution in [2.45, 2.75) is 11.3 Å². The summed E-state index contributed by atoms with van der Waals surface area (Å²) in [5, 5.41) is 2.55. The minimum absolute atomic E-state index is 0.0274. The van der Waals surface area contributed by atoms with Gasteiger partial charge >= 0.3 is 0 Å². The Morgan fingerprint density at radius 1 is 1.38 bits per heavy atom. The van der Waals surface area contributed by atoms with Gasteiger partial charge in [0.15, 0.2) is 0 Å². The largest absolute Gasteiger partial charge is 0.396 e. The molecule has 9 heteroatoms. The lowest BCUT2D eigenvalue weighted by Gasteiger charge is -2.08. The van der Waals surface area contributed by atoms with E-state index in [1.54, 1.807) is 0 Å². The number of nitrogens with two attached hydrogens (primary N) is 1. The van der Waals surface area contributed by atoms with Crippen LogP contribution in [0.2, 0.25) is 0 Å². The Labute approximate surface area is 122 Å². The number of carbonyl (C=O) groups excluding carboxylic acids is 1. The molecule has 0 heterocycles. The van der Waals surface area contributed by atoms with Gasteiger partial charge in [0, 0.05) is 26.6 Å². The van der Waals surface area contributed by atoms with Crippen molar-refractivity contribution < 1.29 is 22.3 Å². The van der Waals surface area contributed by atoms with Gasteiger partial charge in [-0.15, -0.1) is 0 Å². The van der Waals surface area contributed by atoms with Crippen LogP contribution in [0.5, 0.6) is 0 Å². The van der Waals surface area contributed by atoms with Crippen LogP contribution < -0.4 is 15.8 Å². The van der Waals surface area contributed by atoms with Crippen molar-refractivity contribution in [3.8, 4) is 0 Å². The smallest absolute Gasteiger partial charge is 0.240 e. The molecule has 0 atom stereocenters. The maximum Gasteiger partial charge on any atom is 0.240 e. The maximum absolute atomic E-state index is 13.2. The highest BCUT2D eigenvalue weighted by Crippen LogP contribution is 2.15. The third-order valence-electron chi connectivity index (χ3n) is 2.55. The molecule has 7 nitrogen and oxygen atoms in total. The average molecular weight is 319 g/mol. The number of methoxy groups -OCH3 is 1. The van der Waals surface area contributed by atoms with Gasteiger partial charge in [-0.05, 0) is 18.2 Å². The lowest BCUT2D eigenvalue weighted by atomic mass is 10.3. The SMILES string of the molecule is COCCNC(=O)CCNS(=O)(=O)c1ccc(N)c(F)c1. The van der Waals surface area contributed by atoms with E-state index in [1.807, 2.05) is 0 Å². The number of rotatable bonds is 8. The van der Waals surface area contributed by atoms with Crippen LogP contribution in [0.25, 0.3) is 0 Å². The summed E-state index contributed by atoms with van der Waals surface area (Å²) in [7, 11) is -2.36. The zero-order valence-corrected chi connectivity index (χ0v) is 12.4. The third-order valence-corrected chi connectivity index (χ3v) is 4.01. The van der Waals surface area contributed by atoms with Gasteiger partial charge in [-0.2, -0.15) is 0 Å². The second-order valence-corrected chi connectivity index (χ2v) is 5.94. The molecule has 0 aliphatic heterocycles. The molecule has 0 saturated carbocycles. The Balaban J connectivity index is 2.50. The summed E-state index contributed by atoms with van der Waals surface area (Å²) in [6.07, 6.45) is -0.0274. The number of anilines is 1. The lowest BCUT2D eigenvalue weighted by Crippen LogP contribution is -2.32. The predicted molar refractivity (Wildman–Crippen MR) is 75.5 cm³/mol. The van der Waals surface area contributed by atoms with Gasteiger partial charge in [0.2, 0.25) is 15.9 Å². The van der Waals surface area contributed by atoms with E-state index < -0.39 is 15.8 Å². The van der Waals surface area contributed by atoms with E-state index in [1.165, 1.54) is 19.2 Å². The molecule has 1 rings (SSSR count). The second kappa shape index (κ2) is 7.91. The predicted octanol–water partition coefficient (Wildman–Crippen LogP) is -0.161. The Morgan fingerprint density at radius 3 is 2.71 bits per heavy atom. The Hall–Kier alpha value is -1.71. The average Bonchev–Trinajstić information content (AvgIpc) is 2.42. The quantitative estimate of drug-likeness (QED) is 0.455. The molecule has 0 radical (unpaired) electrons. The fraction of sp³-hybridized carbons (Fsp3) is 0.417. The summed E-state index contributed by atoms with van der Waals surface area (Å²) in [6.45, 7) is 0.639. The van der Waals surface area contributed by atoms with Crippen molar-refractivity contribution in [3.63, 3.8) is 0 Å². The van der Waals surface area contributed by atoms with Crippen molar-refractivity contribution in [2.75, 3.05) is 32.5 Å². The molecule has 0 fully saturated rings. The highest BCUT2D eigenvalue weighted by molar-refractivity contribution is 7.89. The van der Waals surface area contributed by atoms with Crippen LogP contribution in [-0.2, 0) is 19.6 Å². The topological polar surface area (TPSA) is 111 Å². The number of ether oxygens (including phenoxy) is 1. The van der Waals surface area contributed by atoms with Crippen LogP contribution in [0.3, 0.4) is 0 Å². The van der Waals surface area contributed by atoms with E-state index in [0.717, 1.165) is 6.07 Å². The van der Waals surface area contributed by atoms with E-state index in [9.17, 15) is 17.6 Å². The Bertz CT molecular complexity index is 592. The van der Waals surface area contributed by atoms with Gasteiger partial charge in [-0.1, -0.05) is 0 Å². The van der Waals surface area contributed by atoms with Gasteiger partial charge in [-0.25, -0.2) is 17.5 Å². The molecular weight excluding hydrogens is 301 g/mol. The molecule has 1 amide bonds. The van der Waals surface area contributed by atoms with E-state index >= 15 is 0 Å². The summed E-state index contributed by atoms with van der Waals surface area (Å²) in [4.78, 5) is 11.1. The van der Waals surface area contributed by atoms with Crippen molar-refractivity contribution in [3.05, 3.63) is 24.0 Å². The first-order valence-corrected chi connectivity index (χ1v) is 7.65. The fourth-order valence-electron chi connectivity index (χ4n) is 1.44. The first-order chi connectivity index (χ1) is 9.86. The zero-order valence-electron chi connectivity index (χ0n) is 11.6. The molecule has 21 heavy (non-hydrogen) atoms. The van der Waals surface area contributed by atoms with Crippen molar-refractivity contribution in [1.29, 1.82) is 0 Å². The van der Waals surface area contributed by atoms with E-state index in [0.29, 0.717) is 13.2 Å². The van der Waals surface area contributed by atoms with Gasteiger partial charge in [-0.3, -0.25) is 4.79 Å². The molecule has 0 unspecified atom stereocenters. The van der Waals surface area contributed by atoms with Gasteiger partial charge in [0.1, 0.15) is 5.82 Å². The normalized spacial score (nSPS) is 11.3. The number of carbonyl (C=O) groups is 1. The highest BCUT2D eigenvalue weighted by Gasteiger charge is 2.15. The number of nitrogen functional groups attached to an aromatic ring is 1. The van der Waals surface area contributed by atoms with Gasteiger partial charge in [0.05, 0.1) is 17.2 Å². The molecule has 1 aromatic rings. The number of nitrogens with one attached hydrogen (secondary N) is 2.